The third-order valence-electron chi connectivity index (χ3n) is 2.81. The minimum Gasteiger partial charge on any atom is -0.394 e. The molecule has 0 saturated heterocycles. The van der Waals surface area contributed by atoms with Gasteiger partial charge in [-0.1, -0.05) is 36.4 Å². The Labute approximate surface area is 111 Å². The Balaban J connectivity index is 1.92. The van der Waals surface area contributed by atoms with Crippen molar-refractivity contribution in [2.45, 2.75) is 12.1 Å². The lowest BCUT2D eigenvalue weighted by Crippen LogP contribution is -2.28. The van der Waals surface area contributed by atoms with Gasteiger partial charge in [-0.3, -0.25) is 0 Å². The van der Waals surface area contributed by atoms with Gasteiger partial charge in [0.15, 0.2) is 0 Å². The standard InChI is InChI=1S/C14H17NO2S/c16-10-12(11-5-2-1-3-6-11)15-9-13(17)14-7-4-8-18-14/h1-8,12-13,15-17H,9-10H2. The topological polar surface area (TPSA) is 52.5 Å². The molecule has 2 unspecified atom stereocenters. The molecule has 2 aromatic rings. The van der Waals surface area contributed by atoms with Crippen molar-refractivity contribution < 1.29 is 10.2 Å². The summed E-state index contributed by atoms with van der Waals surface area (Å²) in [5.74, 6) is 0. The van der Waals surface area contributed by atoms with Crippen molar-refractivity contribution in [3.63, 3.8) is 0 Å². The molecule has 0 bridgehead atoms. The van der Waals surface area contributed by atoms with Gasteiger partial charge in [0.05, 0.1) is 12.6 Å². The Hall–Kier alpha value is -1.20. The third kappa shape index (κ3) is 3.40. The van der Waals surface area contributed by atoms with E-state index < -0.39 is 6.10 Å². The summed E-state index contributed by atoms with van der Waals surface area (Å²) >= 11 is 1.53. The van der Waals surface area contributed by atoms with Crippen molar-refractivity contribution in [3.05, 3.63) is 58.3 Å². The van der Waals surface area contributed by atoms with Crippen LogP contribution in [0, 0.1) is 0 Å². The van der Waals surface area contributed by atoms with Crippen LogP contribution in [0.15, 0.2) is 47.8 Å². The molecule has 0 saturated carbocycles. The first-order valence-electron chi connectivity index (χ1n) is 5.92. The summed E-state index contributed by atoms with van der Waals surface area (Å²) in [5, 5.41) is 24.5. The fraction of sp³-hybridized carbons (Fsp3) is 0.286. The van der Waals surface area contributed by atoms with Gasteiger partial charge in [-0.05, 0) is 17.0 Å². The second-order valence-electron chi connectivity index (χ2n) is 4.09. The van der Waals surface area contributed by atoms with Crippen molar-refractivity contribution in [2.24, 2.45) is 0 Å². The van der Waals surface area contributed by atoms with Gasteiger partial charge in [0.1, 0.15) is 6.10 Å². The van der Waals surface area contributed by atoms with E-state index in [1.807, 2.05) is 47.8 Å². The molecular formula is C14H17NO2S. The van der Waals surface area contributed by atoms with E-state index in [1.165, 1.54) is 11.3 Å². The Morgan fingerprint density at radius 1 is 1.11 bits per heavy atom. The molecule has 0 fully saturated rings. The lowest BCUT2D eigenvalue weighted by molar-refractivity contribution is 0.162. The van der Waals surface area contributed by atoms with Gasteiger partial charge in [-0.2, -0.15) is 0 Å². The number of benzene rings is 1. The van der Waals surface area contributed by atoms with Crippen LogP contribution in [0.5, 0.6) is 0 Å². The van der Waals surface area contributed by atoms with E-state index in [1.54, 1.807) is 0 Å². The normalized spacial score (nSPS) is 14.3. The van der Waals surface area contributed by atoms with Crippen molar-refractivity contribution in [3.8, 4) is 0 Å². The fourth-order valence-electron chi connectivity index (χ4n) is 1.81. The number of hydrogen-bond donors (Lipinski definition) is 3. The van der Waals surface area contributed by atoms with E-state index in [2.05, 4.69) is 5.32 Å². The minimum absolute atomic E-state index is 0.0151. The Bertz CT molecular complexity index is 444. The maximum atomic E-state index is 9.97. The molecule has 1 aromatic carbocycles. The highest BCUT2D eigenvalue weighted by atomic mass is 32.1. The number of aliphatic hydroxyl groups is 2. The van der Waals surface area contributed by atoms with Crippen LogP contribution in [0.4, 0.5) is 0 Å². The van der Waals surface area contributed by atoms with E-state index in [-0.39, 0.29) is 12.6 Å². The molecular weight excluding hydrogens is 246 g/mol. The van der Waals surface area contributed by atoms with Crippen LogP contribution in [0.2, 0.25) is 0 Å². The van der Waals surface area contributed by atoms with Gasteiger partial charge in [0, 0.05) is 11.4 Å². The maximum absolute atomic E-state index is 9.97. The summed E-state index contributed by atoms with van der Waals surface area (Å²) in [7, 11) is 0. The van der Waals surface area contributed by atoms with Crippen LogP contribution in [0.3, 0.4) is 0 Å². The Morgan fingerprint density at radius 3 is 2.50 bits per heavy atom. The molecule has 3 N–H and O–H groups in total. The number of nitrogens with one attached hydrogen (secondary N) is 1. The van der Waals surface area contributed by atoms with Gasteiger partial charge in [-0.25, -0.2) is 0 Å². The zero-order chi connectivity index (χ0) is 12.8. The molecule has 0 aliphatic heterocycles. The van der Waals surface area contributed by atoms with Crippen molar-refractivity contribution in [1.29, 1.82) is 0 Å². The molecule has 18 heavy (non-hydrogen) atoms. The van der Waals surface area contributed by atoms with Crippen LogP contribution in [-0.2, 0) is 0 Å². The highest BCUT2D eigenvalue weighted by molar-refractivity contribution is 7.10. The summed E-state index contributed by atoms with van der Waals surface area (Å²) < 4.78 is 0. The third-order valence-corrected chi connectivity index (χ3v) is 3.79. The summed E-state index contributed by atoms with van der Waals surface area (Å²) in [6, 6.07) is 13.4. The lowest BCUT2D eigenvalue weighted by atomic mass is 10.1. The molecule has 0 aliphatic rings. The monoisotopic (exact) mass is 263 g/mol. The summed E-state index contributed by atoms with van der Waals surface area (Å²) in [5.41, 5.74) is 1.03. The van der Waals surface area contributed by atoms with Crippen LogP contribution >= 0.6 is 11.3 Å². The summed E-state index contributed by atoms with van der Waals surface area (Å²) in [4.78, 5) is 0.937. The van der Waals surface area contributed by atoms with Crippen molar-refractivity contribution in [1.82, 2.24) is 5.32 Å². The van der Waals surface area contributed by atoms with Gasteiger partial charge in [0.2, 0.25) is 0 Å². The SMILES string of the molecule is OCC(NCC(O)c1cccs1)c1ccccc1. The number of aliphatic hydroxyl groups excluding tert-OH is 2. The average molecular weight is 263 g/mol. The van der Waals surface area contributed by atoms with Crippen LogP contribution in [-0.4, -0.2) is 23.4 Å². The zero-order valence-electron chi connectivity index (χ0n) is 9.99. The average Bonchev–Trinajstić information content (AvgIpc) is 2.94. The lowest BCUT2D eigenvalue weighted by Gasteiger charge is -2.18. The summed E-state index contributed by atoms with van der Waals surface area (Å²) in [6.45, 7) is 0.446. The molecule has 0 amide bonds. The van der Waals surface area contributed by atoms with E-state index in [0.29, 0.717) is 6.54 Å². The number of rotatable bonds is 6. The Kier molecular flexibility index (Phi) is 4.90. The highest BCUT2D eigenvalue weighted by Crippen LogP contribution is 2.19. The largest absolute Gasteiger partial charge is 0.394 e. The van der Waals surface area contributed by atoms with Crippen LogP contribution in [0.25, 0.3) is 0 Å². The molecule has 0 spiro atoms. The second-order valence-corrected chi connectivity index (χ2v) is 5.06. The van der Waals surface area contributed by atoms with Gasteiger partial charge in [0.25, 0.3) is 0 Å². The number of hydrogen-bond acceptors (Lipinski definition) is 4. The van der Waals surface area contributed by atoms with E-state index >= 15 is 0 Å². The van der Waals surface area contributed by atoms with Gasteiger partial charge >= 0.3 is 0 Å². The van der Waals surface area contributed by atoms with Gasteiger partial charge in [-0.15, -0.1) is 11.3 Å². The molecule has 3 nitrogen and oxygen atoms in total. The molecule has 0 aliphatic carbocycles. The molecule has 1 aromatic heterocycles. The van der Waals surface area contributed by atoms with E-state index in [9.17, 15) is 10.2 Å². The second kappa shape index (κ2) is 6.66. The number of thiophene rings is 1. The molecule has 2 rings (SSSR count). The van der Waals surface area contributed by atoms with Gasteiger partial charge < -0.3 is 15.5 Å². The molecule has 1 heterocycles. The fourth-order valence-corrected chi connectivity index (χ4v) is 2.52. The molecule has 96 valence electrons. The Morgan fingerprint density at radius 2 is 1.89 bits per heavy atom. The molecule has 2 atom stereocenters. The predicted molar refractivity (Wildman–Crippen MR) is 73.6 cm³/mol. The quantitative estimate of drug-likeness (QED) is 0.748. The van der Waals surface area contributed by atoms with E-state index in [4.69, 9.17) is 0 Å². The van der Waals surface area contributed by atoms with Crippen molar-refractivity contribution in [2.75, 3.05) is 13.2 Å². The first kappa shape index (κ1) is 13.2. The predicted octanol–water partition coefficient (Wildman–Crippen LogP) is 2.10. The first-order chi connectivity index (χ1) is 8.81. The van der Waals surface area contributed by atoms with E-state index in [0.717, 1.165) is 10.4 Å². The molecule has 4 heteroatoms. The zero-order valence-corrected chi connectivity index (χ0v) is 10.8. The maximum Gasteiger partial charge on any atom is 0.101 e. The minimum atomic E-state index is -0.525. The summed E-state index contributed by atoms with van der Waals surface area (Å²) in [6.07, 6.45) is -0.525. The van der Waals surface area contributed by atoms with Crippen LogP contribution < -0.4 is 5.32 Å². The van der Waals surface area contributed by atoms with Crippen molar-refractivity contribution >= 4 is 11.3 Å². The van der Waals surface area contributed by atoms with Crippen LogP contribution in [0.1, 0.15) is 22.6 Å². The first-order valence-corrected chi connectivity index (χ1v) is 6.80. The smallest absolute Gasteiger partial charge is 0.101 e. The molecule has 0 radical (unpaired) electrons. The highest BCUT2D eigenvalue weighted by Gasteiger charge is 2.13.